The third kappa shape index (κ3) is 5.09. The molecule has 0 atom stereocenters. The van der Waals surface area contributed by atoms with Crippen LogP contribution in [0.4, 0.5) is 11.5 Å². The number of aromatic nitrogens is 4. The summed E-state index contributed by atoms with van der Waals surface area (Å²) in [7, 11) is 0. The van der Waals surface area contributed by atoms with Crippen molar-refractivity contribution >= 4 is 24.3 Å². The summed E-state index contributed by atoms with van der Waals surface area (Å²) in [6.07, 6.45) is 8.86. The van der Waals surface area contributed by atoms with Gasteiger partial charge >= 0.3 is 0 Å². The Morgan fingerprint density at radius 2 is 2.13 bits per heavy atom. The van der Waals surface area contributed by atoms with Crippen LogP contribution in [0, 0.1) is 13.8 Å². The average molecular weight is 406 g/mol. The Bertz CT molecular complexity index is 1090. The fraction of sp³-hybridized carbons (Fsp3) is 0.273. The Morgan fingerprint density at radius 1 is 1.37 bits per heavy atom. The van der Waals surface area contributed by atoms with Gasteiger partial charge in [0.2, 0.25) is 0 Å². The summed E-state index contributed by atoms with van der Waals surface area (Å²) < 4.78 is 1.67. The summed E-state index contributed by atoms with van der Waals surface area (Å²) in [4.78, 5) is 12.8. The molecular formula is C22H27N7O. The summed E-state index contributed by atoms with van der Waals surface area (Å²) in [6, 6.07) is 3.90. The molecule has 8 heteroatoms. The zero-order valence-electron chi connectivity index (χ0n) is 17.7. The third-order valence-corrected chi connectivity index (χ3v) is 4.58. The van der Waals surface area contributed by atoms with Crippen LogP contribution < -0.4 is 11.1 Å². The van der Waals surface area contributed by atoms with E-state index in [9.17, 15) is 5.11 Å². The van der Waals surface area contributed by atoms with E-state index >= 15 is 0 Å². The van der Waals surface area contributed by atoms with Crippen molar-refractivity contribution < 1.29 is 5.11 Å². The lowest BCUT2D eigenvalue weighted by molar-refractivity contribution is 0.0578. The Labute approximate surface area is 176 Å². The smallest absolute Gasteiger partial charge is 0.130 e. The predicted octanol–water partition coefficient (Wildman–Crippen LogP) is 3.42. The molecule has 0 radical (unpaired) electrons. The van der Waals surface area contributed by atoms with Crippen molar-refractivity contribution in [2.24, 2.45) is 4.99 Å². The van der Waals surface area contributed by atoms with Crippen molar-refractivity contribution in [3.8, 4) is 11.3 Å². The number of nitrogens with two attached hydrogens (primary N) is 1. The summed E-state index contributed by atoms with van der Waals surface area (Å²) in [5.74, 6) is 0.990. The number of nitrogen functional groups attached to an aromatic ring is 1. The van der Waals surface area contributed by atoms with Gasteiger partial charge in [0.25, 0.3) is 0 Å². The van der Waals surface area contributed by atoms with Gasteiger partial charge in [-0.05, 0) is 69.3 Å². The van der Waals surface area contributed by atoms with Crippen LogP contribution in [-0.4, -0.2) is 37.2 Å². The molecule has 0 aliphatic heterocycles. The third-order valence-electron chi connectivity index (χ3n) is 4.58. The minimum Gasteiger partial charge on any atom is -0.389 e. The van der Waals surface area contributed by atoms with Gasteiger partial charge in [-0.2, -0.15) is 5.10 Å². The topological polar surface area (TPSA) is 114 Å². The zero-order chi connectivity index (χ0) is 21.9. The number of aliphatic hydroxyl groups is 1. The average Bonchev–Trinajstić information content (AvgIpc) is 3.10. The maximum atomic E-state index is 9.96. The summed E-state index contributed by atoms with van der Waals surface area (Å²) in [5.41, 5.74) is 10.5. The molecule has 0 saturated heterocycles. The molecule has 4 N–H and O–H groups in total. The number of nitrogens with one attached hydrogen (secondary N) is 1. The number of rotatable bonds is 7. The van der Waals surface area contributed by atoms with Crippen molar-refractivity contribution in [3.05, 3.63) is 59.4 Å². The second-order valence-corrected chi connectivity index (χ2v) is 7.85. The maximum Gasteiger partial charge on any atom is 0.130 e. The van der Waals surface area contributed by atoms with E-state index in [1.54, 1.807) is 43.3 Å². The fourth-order valence-electron chi connectivity index (χ4n) is 3.00. The van der Waals surface area contributed by atoms with E-state index < -0.39 is 5.60 Å². The highest BCUT2D eigenvalue weighted by molar-refractivity contribution is 5.72. The molecule has 3 heterocycles. The van der Waals surface area contributed by atoms with Crippen LogP contribution in [0.15, 0.2) is 47.7 Å². The minimum absolute atomic E-state index is 0.378. The first kappa shape index (κ1) is 21.2. The second-order valence-electron chi connectivity index (χ2n) is 7.85. The first-order valence-corrected chi connectivity index (χ1v) is 9.54. The maximum absolute atomic E-state index is 9.96. The SMILES string of the molecule is C=N/C(=C\c1cc(-c2cnccc2C)nc(N)c1C)Nc1cnn(CC(C)(C)O)c1. The van der Waals surface area contributed by atoms with Crippen molar-refractivity contribution in [2.75, 3.05) is 11.1 Å². The van der Waals surface area contributed by atoms with Gasteiger partial charge in [-0.15, -0.1) is 0 Å². The van der Waals surface area contributed by atoms with Gasteiger partial charge in [-0.25, -0.2) is 9.98 Å². The van der Waals surface area contributed by atoms with Crippen LogP contribution in [0.5, 0.6) is 0 Å². The quantitative estimate of drug-likeness (QED) is 0.519. The number of hydrogen-bond donors (Lipinski definition) is 3. The number of aryl methyl sites for hydroxylation is 1. The van der Waals surface area contributed by atoms with Gasteiger partial charge in [0.1, 0.15) is 11.6 Å². The molecule has 0 unspecified atom stereocenters. The van der Waals surface area contributed by atoms with Crippen LogP contribution in [0.3, 0.4) is 0 Å². The Balaban J connectivity index is 1.92. The monoisotopic (exact) mass is 405 g/mol. The summed E-state index contributed by atoms with van der Waals surface area (Å²) in [5, 5.41) is 17.4. The number of pyridine rings is 2. The Morgan fingerprint density at radius 3 is 2.80 bits per heavy atom. The lowest BCUT2D eigenvalue weighted by atomic mass is 10.0. The van der Waals surface area contributed by atoms with E-state index in [0.717, 1.165) is 33.6 Å². The van der Waals surface area contributed by atoms with Crippen molar-refractivity contribution in [3.63, 3.8) is 0 Å². The van der Waals surface area contributed by atoms with Gasteiger partial charge in [0.15, 0.2) is 0 Å². The first-order chi connectivity index (χ1) is 14.2. The minimum atomic E-state index is -0.856. The van der Waals surface area contributed by atoms with Gasteiger partial charge in [0.05, 0.1) is 29.7 Å². The van der Waals surface area contributed by atoms with Gasteiger partial charge in [0, 0.05) is 24.2 Å². The Hall–Kier alpha value is -3.52. The molecule has 0 amide bonds. The van der Waals surface area contributed by atoms with E-state index in [2.05, 4.69) is 32.1 Å². The highest BCUT2D eigenvalue weighted by atomic mass is 16.3. The molecule has 0 spiro atoms. The molecule has 3 aromatic rings. The molecule has 0 bridgehead atoms. The van der Waals surface area contributed by atoms with Crippen LogP contribution in [0.1, 0.15) is 30.5 Å². The van der Waals surface area contributed by atoms with Gasteiger partial charge in [-0.3, -0.25) is 9.67 Å². The van der Waals surface area contributed by atoms with Crippen molar-refractivity contribution in [1.29, 1.82) is 0 Å². The molecular weight excluding hydrogens is 378 g/mol. The van der Waals surface area contributed by atoms with Crippen LogP contribution in [-0.2, 0) is 6.54 Å². The van der Waals surface area contributed by atoms with Crippen LogP contribution in [0.25, 0.3) is 17.3 Å². The van der Waals surface area contributed by atoms with E-state index in [1.807, 2.05) is 32.1 Å². The Kier molecular flexibility index (Phi) is 5.98. The number of anilines is 2. The van der Waals surface area contributed by atoms with Crippen LogP contribution in [0.2, 0.25) is 0 Å². The normalized spacial score (nSPS) is 12.1. The van der Waals surface area contributed by atoms with Gasteiger partial charge < -0.3 is 16.2 Å². The zero-order valence-corrected chi connectivity index (χ0v) is 17.7. The van der Waals surface area contributed by atoms with Crippen molar-refractivity contribution in [1.82, 2.24) is 19.7 Å². The molecule has 3 rings (SSSR count). The lowest BCUT2D eigenvalue weighted by Crippen LogP contribution is -2.26. The van der Waals surface area contributed by atoms with Crippen LogP contribution >= 0.6 is 0 Å². The molecule has 0 saturated carbocycles. The molecule has 0 fully saturated rings. The predicted molar refractivity (Wildman–Crippen MR) is 121 cm³/mol. The molecule has 0 aliphatic carbocycles. The molecule has 8 nitrogen and oxygen atoms in total. The van der Waals surface area contributed by atoms with Gasteiger partial charge in [-0.1, -0.05) is 0 Å². The second kappa shape index (κ2) is 8.46. The van der Waals surface area contributed by atoms with E-state index in [1.165, 1.54) is 0 Å². The molecule has 156 valence electrons. The summed E-state index contributed by atoms with van der Waals surface area (Å²) >= 11 is 0. The molecule has 3 aromatic heterocycles. The highest BCUT2D eigenvalue weighted by Crippen LogP contribution is 2.27. The largest absolute Gasteiger partial charge is 0.389 e. The lowest BCUT2D eigenvalue weighted by Gasteiger charge is -2.16. The number of nitrogens with zero attached hydrogens (tertiary/aromatic N) is 5. The number of aliphatic imine (C=N–C) groups is 1. The van der Waals surface area contributed by atoms with E-state index in [0.29, 0.717) is 18.2 Å². The highest BCUT2D eigenvalue weighted by Gasteiger charge is 2.14. The van der Waals surface area contributed by atoms with E-state index in [-0.39, 0.29) is 0 Å². The fourth-order valence-corrected chi connectivity index (χ4v) is 3.00. The number of hydrogen-bond acceptors (Lipinski definition) is 7. The first-order valence-electron chi connectivity index (χ1n) is 9.54. The van der Waals surface area contributed by atoms with Crippen molar-refractivity contribution in [2.45, 2.75) is 39.8 Å². The molecule has 30 heavy (non-hydrogen) atoms. The molecule has 0 aromatic carbocycles. The standard InChI is InChI=1S/C22H27N7O/c1-14-6-7-25-11-18(14)19-8-16(15(2)21(23)28-19)9-20(24-5)27-17-10-26-29(12-17)13-22(3,4)30/h6-12,27,30H,5,13H2,1-4H3,(H2,23,28)/b20-9+. The molecule has 0 aliphatic rings. The van der Waals surface area contributed by atoms with E-state index in [4.69, 9.17) is 5.73 Å². The summed E-state index contributed by atoms with van der Waals surface area (Å²) in [6.45, 7) is 11.4.